The summed E-state index contributed by atoms with van der Waals surface area (Å²) in [7, 11) is 0. The van der Waals surface area contributed by atoms with Crippen molar-refractivity contribution in [3.63, 3.8) is 0 Å². The van der Waals surface area contributed by atoms with Gasteiger partial charge in [0.25, 0.3) is 0 Å². The first-order valence-electron chi connectivity index (χ1n) is 3.57. The van der Waals surface area contributed by atoms with E-state index in [0.29, 0.717) is 0 Å². The van der Waals surface area contributed by atoms with Gasteiger partial charge in [-0.25, -0.2) is 0 Å². The Hall–Kier alpha value is -1.15. The molecular weight excluding hydrogens is 140 g/mol. The summed E-state index contributed by atoms with van der Waals surface area (Å²) in [4.78, 5) is 10.2. The van der Waals surface area contributed by atoms with Gasteiger partial charge < -0.3 is 9.53 Å². The molecule has 1 aliphatic rings. The Morgan fingerprint density at radius 1 is 1.27 bits per heavy atom. The van der Waals surface area contributed by atoms with Crippen LogP contribution in [0.4, 0.5) is 0 Å². The Morgan fingerprint density at radius 3 is 2.55 bits per heavy atom. The van der Waals surface area contributed by atoms with E-state index < -0.39 is 0 Å². The zero-order valence-corrected chi connectivity index (χ0v) is 5.94. The maximum Gasteiger partial charge on any atom is 0.151 e. The molecule has 0 unspecified atom stereocenters. The lowest BCUT2D eigenvalue weighted by Gasteiger charge is -1.90. The van der Waals surface area contributed by atoms with Crippen LogP contribution in [0.3, 0.4) is 0 Å². The molecule has 2 atom stereocenters. The molecule has 11 heavy (non-hydrogen) atoms. The number of ether oxygens (including phenoxy) is 1. The molecule has 1 heterocycles. The highest BCUT2D eigenvalue weighted by molar-refractivity contribution is 5.61. The van der Waals surface area contributed by atoms with Gasteiger partial charge in [-0.3, -0.25) is 0 Å². The number of benzene rings is 1. The molecule has 0 spiro atoms. The lowest BCUT2D eigenvalue weighted by atomic mass is 10.1. The van der Waals surface area contributed by atoms with Crippen molar-refractivity contribution in [2.24, 2.45) is 0 Å². The molecule has 0 aromatic heterocycles. The Morgan fingerprint density at radius 2 is 2.00 bits per heavy atom. The van der Waals surface area contributed by atoms with Gasteiger partial charge in [0.05, 0.1) is 0 Å². The van der Waals surface area contributed by atoms with Gasteiger partial charge in [-0.2, -0.15) is 0 Å². The Balaban J connectivity index is 2.14. The van der Waals surface area contributed by atoms with Crippen LogP contribution in [0.2, 0.25) is 0 Å². The van der Waals surface area contributed by atoms with E-state index in [1.165, 1.54) is 0 Å². The number of rotatable bonds is 2. The van der Waals surface area contributed by atoms with Crippen LogP contribution in [-0.4, -0.2) is 12.4 Å². The topological polar surface area (TPSA) is 29.6 Å². The fourth-order valence-corrected chi connectivity index (χ4v) is 1.14. The van der Waals surface area contributed by atoms with Crippen LogP contribution in [0.1, 0.15) is 11.7 Å². The van der Waals surface area contributed by atoms with E-state index in [9.17, 15) is 4.79 Å². The van der Waals surface area contributed by atoms with E-state index in [-0.39, 0.29) is 12.2 Å². The summed E-state index contributed by atoms with van der Waals surface area (Å²) in [6.45, 7) is 0. The van der Waals surface area contributed by atoms with Crippen molar-refractivity contribution >= 4 is 6.29 Å². The number of carbonyl (C=O) groups excluding carboxylic acids is 1. The lowest BCUT2D eigenvalue weighted by Crippen LogP contribution is -1.87. The summed E-state index contributed by atoms with van der Waals surface area (Å²) >= 11 is 0. The molecule has 1 fully saturated rings. The minimum atomic E-state index is -0.197. The standard InChI is InChI=1S/C9H8O2/c10-6-8-9(11-8)7-4-2-1-3-5-7/h1-6,8-9H/t8-,9-/m1/s1. The molecule has 56 valence electrons. The predicted octanol–water partition coefficient (Wildman–Crippen LogP) is 1.33. The van der Waals surface area contributed by atoms with Crippen molar-refractivity contribution in [3.05, 3.63) is 35.9 Å². The summed E-state index contributed by atoms with van der Waals surface area (Å²) in [5.74, 6) is 0. The molecule has 1 aliphatic heterocycles. The molecule has 2 heteroatoms. The van der Waals surface area contributed by atoms with Crippen LogP contribution >= 0.6 is 0 Å². The molecule has 0 radical (unpaired) electrons. The van der Waals surface area contributed by atoms with Crippen molar-refractivity contribution < 1.29 is 9.53 Å². The van der Waals surface area contributed by atoms with Crippen LogP contribution in [0.5, 0.6) is 0 Å². The highest BCUT2D eigenvalue weighted by Crippen LogP contribution is 2.36. The average Bonchev–Trinajstić information content (AvgIpc) is 2.85. The molecule has 1 saturated heterocycles. The fraction of sp³-hybridized carbons (Fsp3) is 0.222. The molecule has 1 aromatic rings. The largest absolute Gasteiger partial charge is 0.357 e. The van der Waals surface area contributed by atoms with Crippen molar-refractivity contribution in [2.75, 3.05) is 0 Å². The molecule has 0 N–H and O–H groups in total. The van der Waals surface area contributed by atoms with Gasteiger partial charge in [0, 0.05) is 0 Å². The maximum absolute atomic E-state index is 10.2. The number of carbonyl (C=O) groups is 1. The first-order valence-corrected chi connectivity index (χ1v) is 3.57. The molecule has 2 rings (SSSR count). The van der Waals surface area contributed by atoms with Crippen molar-refractivity contribution in [1.82, 2.24) is 0 Å². The van der Waals surface area contributed by atoms with Gasteiger partial charge in [0.2, 0.25) is 0 Å². The third-order valence-electron chi connectivity index (χ3n) is 1.79. The van der Waals surface area contributed by atoms with E-state index in [1.807, 2.05) is 30.3 Å². The summed E-state index contributed by atoms with van der Waals surface area (Å²) < 4.78 is 5.08. The highest BCUT2D eigenvalue weighted by Gasteiger charge is 2.39. The number of aldehydes is 1. The van der Waals surface area contributed by atoms with Crippen LogP contribution < -0.4 is 0 Å². The van der Waals surface area contributed by atoms with Crippen LogP contribution in [0, 0.1) is 0 Å². The molecule has 2 nitrogen and oxygen atoms in total. The molecular formula is C9H8O2. The third kappa shape index (κ3) is 1.17. The molecule has 0 bridgehead atoms. The van der Waals surface area contributed by atoms with Gasteiger partial charge in [-0.1, -0.05) is 30.3 Å². The van der Waals surface area contributed by atoms with E-state index in [4.69, 9.17) is 4.74 Å². The second kappa shape index (κ2) is 2.47. The summed E-state index contributed by atoms with van der Waals surface area (Å²) in [6.07, 6.45) is 0.670. The number of hydrogen-bond acceptors (Lipinski definition) is 2. The minimum absolute atomic E-state index is 0.0219. The van der Waals surface area contributed by atoms with E-state index in [0.717, 1.165) is 11.8 Å². The van der Waals surface area contributed by atoms with Gasteiger partial charge in [-0.15, -0.1) is 0 Å². The molecule has 1 aromatic carbocycles. The molecule has 0 aliphatic carbocycles. The molecule has 0 saturated carbocycles. The minimum Gasteiger partial charge on any atom is -0.357 e. The first-order chi connectivity index (χ1) is 5.42. The lowest BCUT2D eigenvalue weighted by molar-refractivity contribution is -0.108. The van der Waals surface area contributed by atoms with Gasteiger partial charge in [0.15, 0.2) is 6.29 Å². The van der Waals surface area contributed by atoms with E-state index >= 15 is 0 Å². The van der Waals surface area contributed by atoms with Crippen LogP contribution in [0.15, 0.2) is 30.3 Å². The Labute approximate surface area is 64.8 Å². The maximum atomic E-state index is 10.2. The zero-order valence-electron chi connectivity index (χ0n) is 5.94. The van der Waals surface area contributed by atoms with Crippen LogP contribution in [-0.2, 0) is 9.53 Å². The SMILES string of the molecule is O=C[C@H]1O[C@@H]1c1ccccc1. The van der Waals surface area contributed by atoms with Gasteiger partial charge >= 0.3 is 0 Å². The normalized spacial score (nSPS) is 28.0. The van der Waals surface area contributed by atoms with Crippen LogP contribution in [0.25, 0.3) is 0 Å². The van der Waals surface area contributed by atoms with E-state index in [1.54, 1.807) is 0 Å². The number of hydrogen-bond donors (Lipinski definition) is 0. The summed E-state index contributed by atoms with van der Waals surface area (Å²) in [6, 6.07) is 9.77. The zero-order chi connectivity index (χ0) is 7.68. The first kappa shape index (κ1) is 6.55. The summed E-state index contributed by atoms with van der Waals surface area (Å²) in [5, 5.41) is 0. The van der Waals surface area contributed by atoms with E-state index in [2.05, 4.69) is 0 Å². The predicted molar refractivity (Wildman–Crippen MR) is 40.1 cm³/mol. The second-order valence-corrected chi connectivity index (χ2v) is 2.57. The van der Waals surface area contributed by atoms with Crippen molar-refractivity contribution in [3.8, 4) is 0 Å². The quantitative estimate of drug-likeness (QED) is 0.467. The Kier molecular flexibility index (Phi) is 1.47. The third-order valence-corrected chi connectivity index (χ3v) is 1.79. The fourth-order valence-electron chi connectivity index (χ4n) is 1.14. The highest BCUT2D eigenvalue weighted by atomic mass is 16.6. The van der Waals surface area contributed by atoms with Crippen molar-refractivity contribution in [2.45, 2.75) is 12.2 Å². The summed E-state index contributed by atoms with van der Waals surface area (Å²) in [5.41, 5.74) is 1.09. The monoisotopic (exact) mass is 148 g/mol. The Bertz CT molecular complexity index is 256. The van der Waals surface area contributed by atoms with Gasteiger partial charge in [-0.05, 0) is 5.56 Å². The smallest absolute Gasteiger partial charge is 0.151 e. The molecule has 0 amide bonds. The van der Waals surface area contributed by atoms with Crippen molar-refractivity contribution in [1.29, 1.82) is 0 Å². The van der Waals surface area contributed by atoms with Gasteiger partial charge in [0.1, 0.15) is 12.2 Å². The second-order valence-electron chi connectivity index (χ2n) is 2.57. The average molecular weight is 148 g/mol. The number of epoxide rings is 1.